The minimum absolute atomic E-state index is 0.517. The van der Waals surface area contributed by atoms with Crippen LogP contribution in [0.15, 0.2) is 80.2 Å². The van der Waals surface area contributed by atoms with E-state index in [0.717, 1.165) is 25.0 Å². The Labute approximate surface area is 188 Å². The Morgan fingerprint density at radius 3 is 2.39 bits per heavy atom. The van der Waals surface area contributed by atoms with Gasteiger partial charge in [0.05, 0.1) is 12.3 Å². The molecule has 2 aromatic rings. The summed E-state index contributed by atoms with van der Waals surface area (Å²) in [6, 6.07) is 17.5. The van der Waals surface area contributed by atoms with Crippen LogP contribution in [0, 0.1) is 0 Å². The Balaban J connectivity index is 0.00000107. The van der Waals surface area contributed by atoms with Gasteiger partial charge in [-0.3, -0.25) is 0 Å². The molecule has 0 fully saturated rings. The van der Waals surface area contributed by atoms with E-state index in [-0.39, 0.29) is 0 Å². The third-order valence-corrected chi connectivity index (χ3v) is 5.12. The summed E-state index contributed by atoms with van der Waals surface area (Å²) in [6.07, 6.45) is 10.8. The molecule has 3 N–H and O–H groups in total. The lowest BCUT2D eigenvalue weighted by Gasteiger charge is -2.19. The van der Waals surface area contributed by atoms with E-state index in [2.05, 4.69) is 85.7 Å². The molecule has 0 saturated heterocycles. The lowest BCUT2D eigenvalue weighted by molar-refractivity contribution is 0.321. The van der Waals surface area contributed by atoms with E-state index in [1.165, 1.54) is 41.6 Å². The van der Waals surface area contributed by atoms with Crippen molar-refractivity contribution in [1.29, 1.82) is 0 Å². The van der Waals surface area contributed by atoms with Crippen molar-refractivity contribution in [3.8, 4) is 5.75 Å². The first-order valence-electron chi connectivity index (χ1n) is 11.1. The summed E-state index contributed by atoms with van der Waals surface area (Å²) in [5, 5.41) is 3.66. The van der Waals surface area contributed by atoms with Gasteiger partial charge in [-0.2, -0.15) is 0 Å². The third-order valence-electron chi connectivity index (χ3n) is 5.12. The molecule has 0 bridgehead atoms. The Morgan fingerprint density at radius 1 is 1.10 bits per heavy atom. The molecule has 0 saturated carbocycles. The van der Waals surface area contributed by atoms with Gasteiger partial charge in [-0.1, -0.05) is 50.3 Å². The molecule has 0 spiro atoms. The summed E-state index contributed by atoms with van der Waals surface area (Å²) in [5.74, 6) is 0.959. The van der Waals surface area contributed by atoms with Crippen LogP contribution < -0.4 is 15.8 Å². The van der Waals surface area contributed by atoms with Crippen molar-refractivity contribution in [3.63, 3.8) is 0 Å². The van der Waals surface area contributed by atoms with Crippen LogP contribution in [0.5, 0.6) is 5.75 Å². The highest BCUT2D eigenvalue weighted by atomic mass is 16.5. The SMILES string of the molecule is C=CCCC(CCC)Nc1ccc(CCOc2ccccc2C2=CN2C)cc1.C=CN. The first-order valence-corrected chi connectivity index (χ1v) is 11.1. The third kappa shape index (κ3) is 8.25. The number of rotatable bonds is 12. The molecule has 0 aliphatic carbocycles. The fraction of sp³-hybridized carbons (Fsp3) is 0.333. The van der Waals surface area contributed by atoms with Crippen LogP contribution in [0.1, 0.15) is 43.7 Å². The molecule has 4 heteroatoms. The molecule has 4 nitrogen and oxygen atoms in total. The molecule has 1 atom stereocenters. The molecule has 0 aromatic heterocycles. The Hall–Kier alpha value is -3.14. The number of hydrogen-bond donors (Lipinski definition) is 2. The lowest BCUT2D eigenvalue weighted by atomic mass is 10.1. The van der Waals surface area contributed by atoms with E-state index in [1.54, 1.807) is 0 Å². The Bertz CT molecular complexity index is 842. The number of para-hydroxylation sites is 1. The Morgan fingerprint density at radius 2 is 1.77 bits per heavy atom. The molecule has 0 radical (unpaired) electrons. The standard InChI is InChI=1S/C25H32N2O.C2H5N/c1-4-6-10-21(9-5-2)26-22-15-13-20(14-16-22)17-18-28-25-12-8-7-11-23(25)24-19-27(24)3;1-2-3/h4,7-8,11-16,19,21,26H,1,5-6,9-10,17-18H2,2-3H3;2H,1,3H2. The van der Waals surface area contributed by atoms with E-state index >= 15 is 0 Å². The molecular weight excluding hydrogens is 382 g/mol. The second kappa shape index (κ2) is 13.2. The van der Waals surface area contributed by atoms with E-state index in [1.807, 2.05) is 18.2 Å². The zero-order valence-corrected chi connectivity index (χ0v) is 19.0. The topological polar surface area (TPSA) is 50.3 Å². The molecule has 1 unspecified atom stereocenters. The van der Waals surface area contributed by atoms with Crippen molar-refractivity contribution in [1.82, 2.24) is 4.90 Å². The molecule has 1 aliphatic heterocycles. The number of allylic oxidation sites excluding steroid dienone is 1. The summed E-state index contributed by atoms with van der Waals surface area (Å²) in [6.45, 7) is 9.89. The van der Waals surface area contributed by atoms with Gasteiger partial charge in [0.25, 0.3) is 0 Å². The molecule has 166 valence electrons. The van der Waals surface area contributed by atoms with Crippen molar-refractivity contribution < 1.29 is 4.74 Å². The number of hydrogen-bond acceptors (Lipinski definition) is 4. The van der Waals surface area contributed by atoms with Gasteiger partial charge < -0.3 is 20.7 Å². The van der Waals surface area contributed by atoms with Gasteiger partial charge in [-0.25, -0.2) is 0 Å². The van der Waals surface area contributed by atoms with Crippen LogP contribution >= 0.6 is 0 Å². The summed E-state index contributed by atoms with van der Waals surface area (Å²) >= 11 is 0. The monoisotopic (exact) mass is 419 g/mol. The smallest absolute Gasteiger partial charge is 0.128 e. The number of nitrogens with one attached hydrogen (secondary N) is 1. The van der Waals surface area contributed by atoms with Gasteiger partial charge in [-0.15, -0.1) is 6.58 Å². The normalized spacial score (nSPS) is 12.7. The maximum Gasteiger partial charge on any atom is 0.128 e. The Kier molecular flexibility index (Phi) is 10.3. The number of nitrogens with zero attached hydrogens (tertiary/aromatic N) is 1. The van der Waals surface area contributed by atoms with Crippen molar-refractivity contribution >= 4 is 11.4 Å². The second-order valence-electron chi connectivity index (χ2n) is 7.65. The van der Waals surface area contributed by atoms with Gasteiger partial charge in [0.1, 0.15) is 5.75 Å². The minimum atomic E-state index is 0.517. The van der Waals surface area contributed by atoms with Crippen molar-refractivity contribution in [2.45, 2.75) is 45.1 Å². The summed E-state index contributed by atoms with van der Waals surface area (Å²) < 4.78 is 6.07. The van der Waals surface area contributed by atoms with Gasteiger partial charge in [0.2, 0.25) is 0 Å². The van der Waals surface area contributed by atoms with Crippen molar-refractivity contribution in [3.05, 3.63) is 91.3 Å². The highest BCUT2D eigenvalue weighted by Crippen LogP contribution is 2.35. The maximum absolute atomic E-state index is 6.07. The van der Waals surface area contributed by atoms with Crippen molar-refractivity contribution in [2.75, 3.05) is 19.0 Å². The largest absolute Gasteiger partial charge is 0.493 e. The summed E-state index contributed by atoms with van der Waals surface area (Å²) in [5.41, 5.74) is 9.51. The van der Waals surface area contributed by atoms with Gasteiger partial charge in [0.15, 0.2) is 0 Å². The van der Waals surface area contributed by atoms with Crippen LogP contribution in [0.4, 0.5) is 5.69 Å². The summed E-state index contributed by atoms with van der Waals surface area (Å²) in [7, 11) is 2.06. The van der Waals surface area contributed by atoms with E-state index in [0.29, 0.717) is 12.6 Å². The average Bonchev–Trinajstić information content (AvgIpc) is 3.50. The first kappa shape index (κ1) is 24.1. The second-order valence-corrected chi connectivity index (χ2v) is 7.65. The molecular formula is C27H37N3O. The predicted octanol–water partition coefficient (Wildman–Crippen LogP) is 6.19. The van der Waals surface area contributed by atoms with E-state index in [9.17, 15) is 0 Å². The zero-order chi connectivity index (χ0) is 22.5. The minimum Gasteiger partial charge on any atom is -0.493 e. The van der Waals surface area contributed by atoms with Crippen LogP contribution in [-0.4, -0.2) is 24.6 Å². The predicted molar refractivity (Wildman–Crippen MR) is 134 cm³/mol. The molecule has 31 heavy (non-hydrogen) atoms. The first-order chi connectivity index (χ1) is 15.1. The fourth-order valence-electron chi connectivity index (χ4n) is 3.46. The summed E-state index contributed by atoms with van der Waals surface area (Å²) in [4.78, 5) is 2.12. The molecule has 1 aliphatic rings. The van der Waals surface area contributed by atoms with Crippen LogP contribution in [0.2, 0.25) is 0 Å². The zero-order valence-electron chi connectivity index (χ0n) is 19.0. The molecule has 0 amide bonds. The number of ether oxygens (including phenoxy) is 1. The van der Waals surface area contributed by atoms with E-state index in [4.69, 9.17) is 4.74 Å². The highest BCUT2D eigenvalue weighted by Gasteiger charge is 2.21. The van der Waals surface area contributed by atoms with Gasteiger partial charge in [0, 0.05) is 37.0 Å². The van der Waals surface area contributed by atoms with Crippen molar-refractivity contribution in [2.24, 2.45) is 5.73 Å². The maximum atomic E-state index is 6.07. The molecule has 3 rings (SSSR count). The van der Waals surface area contributed by atoms with Gasteiger partial charge in [-0.05, 0) is 55.3 Å². The number of anilines is 1. The average molecular weight is 420 g/mol. The number of benzene rings is 2. The molecule has 2 aromatic carbocycles. The highest BCUT2D eigenvalue weighted by molar-refractivity contribution is 5.77. The van der Waals surface area contributed by atoms with Crippen LogP contribution in [0.3, 0.4) is 0 Å². The quantitative estimate of drug-likeness (QED) is 0.403. The molecule has 1 heterocycles. The van der Waals surface area contributed by atoms with E-state index < -0.39 is 0 Å². The number of nitrogens with two attached hydrogens (primary N) is 1. The lowest BCUT2D eigenvalue weighted by Crippen LogP contribution is -2.18. The fourth-order valence-corrected chi connectivity index (χ4v) is 3.46. The van der Waals surface area contributed by atoms with Gasteiger partial charge >= 0.3 is 0 Å². The van der Waals surface area contributed by atoms with Crippen LogP contribution in [0.25, 0.3) is 5.70 Å². The van der Waals surface area contributed by atoms with Crippen LogP contribution in [-0.2, 0) is 6.42 Å².